The van der Waals surface area contributed by atoms with Crippen LogP contribution in [0.4, 0.5) is 23.7 Å². The molecule has 0 radical (unpaired) electrons. The van der Waals surface area contributed by atoms with Gasteiger partial charge in [0.1, 0.15) is 6.04 Å². The lowest BCUT2D eigenvalue weighted by Gasteiger charge is -2.35. The first-order chi connectivity index (χ1) is 17.2. The van der Waals surface area contributed by atoms with Crippen molar-refractivity contribution in [3.8, 4) is 6.07 Å². The molecule has 3 saturated heterocycles. The van der Waals surface area contributed by atoms with Gasteiger partial charge in [-0.2, -0.15) is 18.4 Å². The Balaban J connectivity index is 1.39. The highest BCUT2D eigenvalue weighted by atomic mass is 19.4. The lowest BCUT2D eigenvalue weighted by atomic mass is 10.0. The van der Waals surface area contributed by atoms with Gasteiger partial charge in [0.2, 0.25) is 0 Å². The first kappa shape index (κ1) is 23.9. The van der Waals surface area contributed by atoms with Gasteiger partial charge in [-0.05, 0) is 55.2 Å². The Hall–Kier alpha value is -3.87. The second-order valence-electron chi connectivity index (χ2n) is 9.36. The number of hydrogen-bond acceptors (Lipinski definition) is 4. The molecule has 3 aliphatic rings. The first-order valence-corrected chi connectivity index (χ1v) is 11.8. The number of aryl methyl sites for hydroxylation is 1. The largest absolute Gasteiger partial charge is 0.417 e. The minimum atomic E-state index is -4.82. The number of urea groups is 1. The van der Waals surface area contributed by atoms with Crippen LogP contribution in [0.15, 0.2) is 42.5 Å². The Morgan fingerprint density at radius 2 is 1.86 bits per heavy atom. The fourth-order valence-corrected chi connectivity index (χ4v) is 5.49. The van der Waals surface area contributed by atoms with E-state index in [0.717, 1.165) is 41.9 Å². The fraction of sp³-hybridized carbons (Fsp3) is 0.385. The summed E-state index contributed by atoms with van der Waals surface area (Å²) in [5.74, 6) is -0.904. The number of unbranched alkanes of at least 4 members (excludes halogenated alkanes) is 1. The summed E-state index contributed by atoms with van der Waals surface area (Å²) in [6.45, 7) is 2.36. The maximum Gasteiger partial charge on any atom is 0.417 e. The number of anilines is 1. The molecule has 186 valence electrons. The van der Waals surface area contributed by atoms with E-state index in [2.05, 4.69) is 6.92 Å². The number of carbonyl (C=O) groups excluding carboxylic acids is 3. The molecule has 3 heterocycles. The van der Waals surface area contributed by atoms with Crippen molar-refractivity contribution >= 4 is 23.5 Å². The normalized spacial score (nSPS) is 22.9. The zero-order valence-corrected chi connectivity index (χ0v) is 19.5. The SMILES string of the molecule is CCCCc1ccc(C(=O)N2CC3CC2C2C(=O)N(c4ccc(C#N)c(C(F)(F)F)c4)C(=O)N32)cc1. The molecular formula is C26H23F3N4O3. The highest BCUT2D eigenvalue weighted by molar-refractivity contribution is 6.22. The van der Waals surface area contributed by atoms with Crippen LogP contribution in [0, 0.1) is 11.3 Å². The lowest BCUT2D eigenvalue weighted by molar-refractivity contribution is -0.137. The molecule has 0 aliphatic carbocycles. The smallest absolute Gasteiger partial charge is 0.331 e. The maximum atomic E-state index is 13.5. The van der Waals surface area contributed by atoms with Crippen LogP contribution < -0.4 is 4.90 Å². The molecule has 5 rings (SSSR count). The number of alkyl halides is 3. The van der Waals surface area contributed by atoms with Crippen molar-refractivity contribution in [2.75, 3.05) is 11.4 Å². The van der Waals surface area contributed by atoms with Crippen LogP contribution in [0.25, 0.3) is 0 Å². The number of imide groups is 1. The standard InChI is InChI=1S/C26H23F3N4O3/c1-2-3-4-15-5-7-16(8-6-15)23(34)31-14-19-12-21(31)22-24(35)33(25(36)32(19)22)18-10-9-17(13-30)20(11-18)26(27,28)29/h5-11,19,21-22H,2-4,12,14H2,1H3. The lowest BCUT2D eigenvalue weighted by Crippen LogP contribution is -2.54. The minimum absolute atomic E-state index is 0.236. The predicted molar refractivity (Wildman–Crippen MR) is 123 cm³/mol. The molecule has 2 bridgehead atoms. The molecule has 2 aromatic rings. The van der Waals surface area contributed by atoms with Gasteiger partial charge >= 0.3 is 12.2 Å². The number of benzene rings is 2. The molecule has 0 aromatic heterocycles. The van der Waals surface area contributed by atoms with Crippen molar-refractivity contribution in [1.82, 2.24) is 9.80 Å². The molecule has 2 aromatic carbocycles. The van der Waals surface area contributed by atoms with Crippen molar-refractivity contribution < 1.29 is 27.6 Å². The van der Waals surface area contributed by atoms with E-state index in [4.69, 9.17) is 5.26 Å². The second-order valence-corrected chi connectivity index (χ2v) is 9.36. The van der Waals surface area contributed by atoms with Gasteiger partial charge in [-0.1, -0.05) is 25.5 Å². The summed E-state index contributed by atoms with van der Waals surface area (Å²) in [6, 6.07) is 9.02. The van der Waals surface area contributed by atoms with Crippen LogP contribution in [0.3, 0.4) is 0 Å². The number of fused-ring (bicyclic) bond motifs is 5. The molecule has 3 fully saturated rings. The van der Waals surface area contributed by atoms with Gasteiger partial charge in [0.25, 0.3) is 11.8 Å². The third kappa shape index (κ3) is 3.70. The van der Waals surface area contributed by atoms with Gasteiger partial charge in [-0.15, -0.1) is 0 Å². The number of amides is 4. The molecule has 3 aliphatic heterocycles. The molecule has 4 amide bonds. The summed E-state index contributed by atoms with van der Waals surface area (Å²) in [7, 11) is 0. The van der Waals surface area contributed by atoms with Crippen LogP contribution in [-0.2, 0) is 17.4 Å². The van der Waals surface area contributed by atoms with E-state index in [1.54, 1.807) is 17.0 Å². The zero-order valence-electron chi connectivity index (χ0n) is 19.5. The number of rotatable bonds is 5. The first-order valence-electron chi connectivity index (χ1n) is 11.8. The number of nitrogens with zero attached hydrogens (tertiary/aromatic N) is 4. The number of nitriles is 1. The third-order valence-electron chi connectivity index (χ3n) is 7.23. The van der Waals surface area contributed by atoms with Gasteiger partial charge < -0.3 is 9.80 Å². The maximum absolute atomic E-state index is 13.5. The van der Waals surface area contributed by atoms with E-state index in [1.807, 2.05) is 12.1 Å². The predicted octanol–water partition coefficient (Wildman–Crippen LogP) is 4.35. The van der Waals surface area contributed by atoms with Crippen molar-refractivity contribution in [3.05, 3.63) is 64.7 Å². The number of hydrogen-bond donors (Lipinski definition) is 0. The van der Waals surface area contributed by atoms with Gasteiger partial charge in [0.15, 0.2) is 0 Å². The van der Waals surface area contributed by atoms with E-state index in [-0.39, 0.29) is 18.1 Å². The minimum Gasteiger partial charge on any atom is -0.331 e. The summed E-state index contributed by atoms with van der Waals surface area (Å²) in [6.07, 6.45) is -1.33. The number of likely N-dealkylation sites (tertiary alicyclic amines) is 1. The molecule has 36 heavy (non-hydrogen) atoms. The van der Waals surface area contributed by atoms with Crippen LogP contribution in [0.2, 0.25) is 0 Å². The van der Waals surface area contributed by atoms with Crippen LogP contribution in [0.5, 0.6) is 0 Å². The van der Waals surface area contributed by atoms with E-state index in [9.17, 15) is 27.6 Å². The Kier molecular flexibility index (Phi) is 5.74. The second kappa shape index (κ2) is 8.66. The van der Waals surface area contributed by atoms with Gasteiger partial charge in [-0.3, -0.25) is 9.59 Å². The highest BCUT2D eigenvalue weighted by Gasteiger charge is 2.63. The quantitative estimate of drug-likeness (QED) is 0.576. The van der Waals surface area contributed by atoms with Crippen LogP contribution in [0.1, 0.15) is 53.2 Å². The van der Waals surface area contributed by atoms with Crippen molar-refractivity contribution in [1.29, 1.82) is 5.26 Å². The fourth-order valence-electron chi connectivity index (χ4n) is 5.49. The summed E-state index contributed by atoms with van der Waals surface area (Å²) < 4.78 is 40.4. The van der Waals surface area contributed by atoms with Gasteiger partial charge in [-0.25, -0.2) is 9.69 Å². The average molecular weight is 496 g/mol. The number of carbonyl (C=O) groups is 3. The van der Waals surface area contributed by atoms with E-state index < -0.39 is 47.4 Å². The van der Waals surface area contributed by atoms with Gasteiger partial charge in [0.05, 0.1) is 35.0 Å². The van der Waals surface area contributed by atoms with Crippen molar-refractivity contribution in [3.63, 3.8) is 0 Å². The van der Waals surface area contributed by atoms with Crippen LogP contribution >= 0.6 is 0 Å². The molecule has 0 N–H and O–H groups in total. The van der Waals surface area contributed by atoms with Gasteiger partial charge in [0, 0.05) is 12.1 Å². The van der Waals surface area contributed by atoms with E-state index in [1.165, 1.54) is 11.0 Å². The molecular weight excluding hydrogens is 473 g/mol. The number of piperazine rings is 1. The van der Waals surface area contributed by atoms with E-state index in [0.29, 0.717) is 18.1 Å². The van der Waals surface area contributed by atoms with Crippen LogP contribution in [-0.4, -0.2) is 52.3 Å². The zero-order chi connectivity index (χ0) is 25.8. The Morgan fingerprint density at radius 3 is 2.50 bits per heavy atom. The third-order valence-corrected chi connectivity index (χ3v) is 7.23. The summed E-state index contributed by atoms with van der Waals surface area (Å²) in [5.41, 5.74) is -0.424. The Bertz CT molecular complexity index is 1280. The summed E-state index contributed by atoms with van der Waals surface area (Å²) in [4.78, 5) is 43.5. The Morgan fingerprint density at radius 1 is 1.14 bits per heavy atom. The van der Waals surface area contributed by atoms with Crippen molar-refractivity contribution in [2.45, 2.75) is 56.9 Å². The van der Waals surface area contributed by atoms with Crippen molar-refractivity contribution in [2.24, 2.45) is 0 Å². The molecule has 7 nitrogen and oxygen atoms in total. The summed E-state index contributed by atoms with van der Waals surface area (Å²) >= 11 is 0. The average Bonchev–Trinajstić information content (AvgIpc) is 3.53. The molecule has 10 heteroatoms. The Labute approximate surface area is 205 Å². The number of halogens is 3. The topological polar surface area (TPSA) is 84.7 Å². The molecule has 3 atom stereocenters. The molecule has 0 saturated carbocycles. The monoisotopic (exact) mass is 496 g/mol. The summed E-state index contributed by atoms with van der Waals surface area (Å²) in [5, 5.41) is 9.04. The van der Waals surface area contributed by atoms with E-state index >= 15 is 0 Å². The highest BCUT2D eigenvalue weighted by Crippen LogP contribution is 2.43. The molecule has 0 spiro atoms. The molecule has 3 unspecified atom stereocenters.